The van der Waals surface area contributed by atoms with E-state index in [0.29, 0.717) is 31.8 Å². The van der Waals surface area contributed by atoms with Gasteiger partial charge < -0.3 is 29.2 Å². The summed E-state index contributed by atoms with van der Waals surface area (Å²) in [5, 5.41) is 22.7. The third-order valence-electron chi connectivity index (χ3n) is 8.98. The molecule has 3 rings (SSSR count). The summed E-state index contributed by atoms with van der Waals surface area (Å²) in [6.07, 6.45) is 18.4. The molecule has 0 aromatic heterocycles. The van der Waals surface area contributed by atoms with Gasteiger partial charge in [-0.25, -0.2) is 0 Å². The molecule has 4 atom stereocenters. The maximum Gasteiger partial charge on any atom is 0.320 e. The Morgan fingerprint density at radius 3 is 2.23 bits per heavy atom. The van der Waals surface area contributed by atoms with Crippen LogP contribution in [-0.4, -0.2) is 54.7 Å². The van der Waals surface area contributed by atoms with Crippen LogP contribution in [-0.2, 0) is 23.7 Å². The molecule has 0 amide bonds. The van der Waals surface area contributed by atoms with Gasteiger partial charge in [0.15, 0.2) is 18.0 Å². The number of hydrogen-bond acceptors (Lipinski definition) is 6. The predicted octanol–water partition coefficient (Wildman–Crippen LogP) is 7.52. The van der Waals surface area contributed by atoms with E-state index < -0.39 is 23.8 Å². The molecular formula is C33H56O7. The van der Waals surface area contributed by atoms with E-state index in [0.717, 1.165) is 90.1 Å². The predicted molar refractivity (Wildman–Crippen MR) is 157 cm³/mol. The van der Waals surface area contributed by atoms with Crippen LogP contribution in [0.5, 0.6) is 0 Å². The van der Waals surface area contributed by atoms with Gasteiger partial charge in [0, 0.05) is 13.0 Å². The van der Waals surface area contributed by atoms with Gasteiger partial charge in [-0.15, -0.1) is 0 Å². The minimum Gasteiger partial charge on any atom is -0.480 e. The Hall–Kier alpha value is -1.41. The minimum absolute atomic E-state index is 0.00483. The van der Waals surface area contributed by atoms with Gasteiger partial charge >= 0.3 is 5.97 Å². The van der Waals surface area contributed by atoms with Crippen LogP contribution in [0.4, 0.5) is 0 Å². The smallest absolute Gasteiger partial charge is 0.320 e. The summed E-state index contributed by atoms with van der Waals surface area (Å²) in [5.74, 6) is -0.776. The third-order valence-corrected chi connectivity index (χ3v) is 8.98. The maximum atomic E-state index is 13.4. The van der Waals surface area contributed by atoms with Crippen molar-refractivity contribution < 1.29 is 34.0 Å². The van der Waals surface area contributed by atoms with E-state index in [1.54, 1.807) is 0 Å². The molecule has 2 unspecified atom stereocenters. The molecule has 0 aromatic carbocycles. The molecule has 0 spiro atoms. The molecule has 1 saturated carbocycles. The van der Waals surface area contributed by atoms with Crippen LogP contribution in [0.1, 0.15) is 124 Å². The van der Waals surface area contributed by atoms with Crippen LogP contribution in [0.15, 0.2) is 24.0 Å². The molecule has 40 heavy (non-hydrogen) atoms. The van der Waals surface area contributed by atoms with E-state index in [4.69, 9.17) is 18.9 Å². The van der Waals surface area contributed by atoms with E-state index in [2.05, 4.69) is 20.8 Å². The van der Waals surface area contributed by atoms with Crippen molar-refractivity contribution in [3.8, 4) is 0 Å². The monoisotopic (exact) mass is 564 g/mol. The molecule has 1 aliphatic carbocycles. The molecule has 2 saturated heterocycles. The van der Waals surface area contributed by atoms with Crippen LogP contribution in [0.3, 0.4) is 0 Å². The van der Waals surface area contributed by atoms with Crippen molar-refractivity contribution in [2.45, 2.75) is 142 Å². The Morgan fingerprint density at radius 1 is 0.975 bits per heavy atom. The molecule has 7 heteroatoms. The van der Waals surface area contributed by atoms with Gasteiger partial charge in [-0.2, -0.15) is 0 Å². The Kier molecular flexibility index (Phi) is 14.0. The molecular weight excluding hydrogens is 508 g/mol. The fourth-order valence-corrected chi connectivity index (χ4v) is 6.47. The summed E-state index contributed by atoms with van der Waals surface area (Å²) in [5.41, 5.74) is -1.50. The van der Waals surface area contributed by atoms with Gasteiger partial charge in [0.05, 0.1) is 19.3 Å². The first-order valence-corrected chi connectivity index (χ1v) is 16.1. The van der Waals surface area contributed by atoms with Gasteiger partial charge in [-0.05, 0) is 88.0 Å². The molecule has 2 heterocycles. The Balaban J connectivity index is 1.81. The molecule has 2 aliphatic heterocycles. The molecule has 230 valence electrons. The number of hydrogen-bond donors (Lipinski definition) is 2. The molecule has 3 aliphatic rings. The number of rotatable bonds is 17. The molecule has 0 aromatic rings. The Bertz CT molecular complexity index is 789. The normalized spacial score (nSPS) is 25.6. The first-order valence-electron chi connectivity index (χ1n) is 16.1. The number of unbranched alkanes of at least 4 members (excludes halogenated alkanes) is 1. The summed E-state index contributed by atoms with van der Waals surface area (Å²) in [6, 6.07) is 0. The highest BCUT2D eigenvalue weighted by Crippen LogP contribution is 2.50. The van der Waals surface area contributed by atoms with E-state index in [1.165, 1.54) is 0 Å². The van der Waals surface area contributed by atoms with Crippen LogP contribution >= 0.6 is 0 Å². The van der Waals surface area contributed by atoms with Crippen molar-refractivity contribution in [3.05, 3.63) is 24.0 Å². The second-order valence-electron chi connectivity index (χ2n) is 12.8. The van der Waals surface area contributed by atoms with Crippen LogP contribution in [0.25, 0.3) is 0 Å². The molecule has 0 bridgehead atoms. The zero-order valence-electron chi connectivity index (χ0n) is 25.4. The zero-order valence-corrected chi connectivity index (χ0v) is 25.4. The Labute approximate surface area is 242 Å². The lowest BCUT2D eigenvalue weighted by atomic mass is 9.67. The van der Waals surface area contributed by atoms with Crippen LogP contribution in [0.2, 0.25) is 0 Å². The second kappa shape index (κ2) is 16.9. The highest BCUT2D eigenvalue weighted by Gasteiger charge is 2.56. The van der Waals surface area contributed by atoms with Crippen molar-refractivity contribution in [2.24, 2.45) is 16.7 Å². The van der Waals surface area contributed by atoms with Crippen LogP contribution in [0, 0.1) is 16.7 Å². The average molecular weight is 565 g/mol. The lowest BCUT2D eigenvalue weighted by Crippen LogP contribution is -2.50. The lowest BCUT2D eigenvalue weighted by Gasteiger charge is -2.42. The van der Waals surface area contributed by atoms with Gasteiger partial charge in [0.1, 0.15) is 5.76 Å². The van der Waals surface area contributed by atoms with Crippen molar-refractivity contribution in [2.75, 3.05) is 19.8 Å². The minimum atomic E-state index is -1.51. The van der Waals surface area contributed by atoms with Crippen molar-refractivity contribution in [1.82, 2.24) is 0 Å². The number of aliphatic hydroxyl groups is 1. The van der Waals surface area contributed by atoms with Crippen molar-refractivity contribution >= 4 is 5.97 Å². The number of ether oxygens (including phenoxy) is 4. The highest BCUT2D eigenvalue weighted by atomic mass is 16.7. The number of aliphatic hydroxyl groups excluding tert-OH is 1. The summed E-state index contributed by atoms with van der Waals surface area (Å²) in [4.78, 5) is 13.4. The fourth-order valence-electron chi connectivity index (χ4n) is 6.47. The van der Waals surface area contributed by atoms with E-state index >= 15 is 0 Å². The average Bonchev–Trinajstić information content (AvgIpc) is 3.49. The molecule has 2 N–H and O–H groups in total. The zero-order chi connectivity index (χ0) is 28.8. The topological polar surface area (TPSA) is 94.5 Å². The summed E-state index contributed by atoms with van der Waals surface area (Å²) in [6.45, 7) is 8.56. The maximum absolute atomic E-state index is 13.4. The summed E-state index contributed by atoms with van der Waals surface area (Å²) >= 11 is 0. The first kappa shape index (κ1) is 33.1. The van der Waals surface area contributed by atoms with Crippen LogP contribution < -0.4 is 0 Å². The van der Waals surface area contributed by atoms with E-state index in [1.807, 2.05) is 18.2 Å². The van der Waals surface area contributed by atoms with Gasteiger partial charge in [0.25, 0.3) is 0 Å². The molecule has 7 nitrogen and oxygen atoms in total. The molecule has 0 radical (unpaired) electrons. The number of carboxylic acid groups (broad SMARTS) is 1. The third kappa shape index (κ3) is 9.57. The largest absolute Gasteiger partial charge is 0.480 e. The van der Waals surface area contributed by atoms with Crippen molar-refractivity contribution in [3.63, 3.8) is 0 Å². The highest BCUT2D eigenvalue weighted by molar-refractivity contribution is 5.79. The summed E-state index contributed by atoms with van der Waals surface area (Å²) in [7, 11) is 0. The van der Waals surface area contributed by atoms with Gasteiger partial charge in [-0.1, -0.05) is 58.6 Å². The number of carboxylic acids is 1. The first-order chi connectivity index (χ1) is 19.3. The SMILES string of the molecule is CCCCC(C)(C)C/C=C(/OC1CCCCO1)[C@](C(=O)O)(C1CCCC1)[C@H](O)C/C=C\CCOC1CCCCO1. The quantitative estimate of drug-likeness (QED) is 0.107. The van der Waals surface area contributed by atoms with E-state index in [9.17, 15) is 15.0 Å². The lowest BCUT2D eigenvalue weighted by molar-refractivity contribution is -0.182. The number of carbonyl (C=O) groups is 1. The van der Waals surface area contributed by atoms with Gasteiger partial charge in [-0.3, -0.25) is 4.79 Å². The number of allylic oxidation sites excluding steroid dienone is 1. The standard InChI is InChI=1S/C33H56O7/c1-4-5-21-32(2,3)22-20-28(40-30-19-11-14-25-39-30)33(31(35)36,26-15-8-9-16-26)27(34)17-7-6-12-23-37-29-18-10-13-24-38-29/h6-7,20,26-27,29-30,34H,4-5,8-19,21-25H2,1-3H3,(H,35,36)/b7-6-,28-20+/t27-,29?,30?,33+/m1/s1. The Morgan fingerprint density at radius 2 is 1.62 bits per heavy atom. The summed E-state index contributed by atoms with van der Waals surface area (Å²) < 4.78 is 23.9. The fraction of sp³-hybridized carbons (Fsp3) is 0.848. The molecule has 3 fully saturated rings. The number of aliphatic carboxylic acids is 1. The van der Waals surface area contributed by atoms with Gasteiger partial charge in [0.2, 0.25) is 0 Å². The second-order valence-corrected chi connectivity index (χ2v) is 12.8. The van der Waals surface area contributed by atoms with Crippen molar-refractivity contribution in [1.29, 1.82) is 0 Å². The van der Waals surface area contributed by atoms with E-state index in [-0.39, 0.29) is 24.0 Å².